The van der Waals surface area contributed by atoms with Crippen molar-refractivity contribution in [3.8, 4) is 6.07 Å². The Kier molecular flexibility index (Phi) is 3.05. The Bertz CT molecular complexity index is 859. The Hall–Kier alpha value is -2.12. The average molecular weight is 293 g/mol. The van der Waals surface area contributed by atoms with Crippen LogP contribution < -0.4 is 5.43 Å². The molecule has 112 valence electrons. The maximum absolute atomic E-state index is 12.9. The van der Waals surface area contributed by atoms with Gasteiger partial charge in [-0.15, -0.1) is 0 Å². The summed E-state index contributed by atoms with van der Waals surface area (Å²) in [5, 5.41) is 9.92. The summed E-state index contributed by atoms with van der Waals surface area (Å²) < 4.78 is 2.34. The van der Waals surface area contributed by atoms with Gasteiger partial charge in [-0.25, -0.2) is 0 Å². The first kappa shape index (κ1) is 13.5. The molecule has 0 radical (unpaired) electrons. The first-order valence-corrected chi connectivity index (χ1v) is 7.97. The molecule has 1 unspecified atom stereocenters. The second kappa shape index (κ2) is 4.96. The highest BCUT2D eigenvalue weighted by Crippen LogP contribution is 2.37. The van der Waals surface area contributed by atoms with E-state index in [1.165, 1.54) is 5.69 Å². The van der Waals surface area contributed by atoms with E-state index in [0.717, 1.165) is 54.4 Å². The van der Waals surface area contributed by atoms with E-state index in [0.29, 0.717) is 6.54 Å². The van der Waals surface area contributed by atoms with E-state index in [4.69, 9.17) is 5.26 Å². The molecule has 1 aliphatic carbocycles. The second-order valence-corrected chi connectivity index (χ2v) is 6.40. The molecular weight excluding hydrogens is 274 g/mol. The van der Waals surface area contributed by atoms with Crippen LogP contribution in [0.3, 0.4) is 0 Å². The minimum absolute atomic E-state index is 0.202. The van der Waals surface area contributed by atoms with Crippen molar-refractivity contribution in [3.05, 3.63) is 45.2 Å². The lowest BCUT2D eigenvalue weighted by Gasteiger charge is -2.41. The largest absolute Gasteiger partial charge is 0.341 e. The first-order valence-electron chi connectivity index (χ1n) is 7.97. The van der Waals surface area contributed by atoms with Gasteiger partial charge in [-0.05, 0) is 38.3 Å². The van der Waals surface area contributed by atoms with E-state index in [-0.39, 0.29) is 11.5 Å². The molecule has 0 spiro atoms. The molecule has 4 rings (SSSR count). The summed E-state index contributed by atoms with van der Waals surface area (Å²) in [6, 6.07) is 8.69. The van der Waals surface area contributed by atoms with Crippen LogP contribution in [0.2, 0.25) is 0 Å². The third-order valence-electron chi connectivity index (χ3n) is 5.11. The van der Waals surface area contributed by atoms with Crippen LogP contribution >= 0.6 is 0 Å². The van der Waals surface area contributed by atoms with Crippen LogP contribution in [0.5, 0.6) is 0 Å². The fourth-order valence-electron chi connectivity index (χ4n) is 4.13. The summed E-state index contributed by atoms with van der Waals surface area (Å²) in [5.41, 5.74) is 4.55. The number of pyridine rings is 1. The number of benzene rings is 1. The number of aryl methyl sites for hydroxylation is 1. The van der Waals surface area contributed by atoms with Gasteiger partial charge in [0.2, 0.25) is 0 Å². The van der Waals surface area contributed by atoms with Crippen molar-refractivity contribution >= 4 is 10.9 Å². The van der Waals surface area contributed by atoms with Gasteiger partial charge in [0.1, 0.15) is 0 Å². The predicted octanol–water partition coefficient (Wildman–Crippen LogP) is 2.53. The summed E-state index contributed by atoms with van der Waals surface area (Å²) in [5.74, 6) is 0. The molecule has 0 saturated heterocycles. The Morgan fingerprint density at radius 1 is 1.36 bits per heavy atom. The number of nitriles is 1. The van der Waals surface area contributed by atoms with Crippen molar-refractivity contribution < 1.29 is 0 Å². The standard InChI is InChI=1S/C18H19N3O/c1-12-5-6-15-14(11-12)18(22)13-3-2-4-16-17(13)21(15)10-9-20(16)8-7-19/h5-6,11,16H,2-4,8-10H2,1H3. The average Bonchev–Trinajstić information content (AvgIpc) is 2.54. The molecular formula is C18H19N3O. The maximum Gasteiger partial charge on any atom is 0.192 e. The van der Waals surface area contributed by atoms with Crippen molar-refractivity contribution in [2.45, 2.75) is 38.8 Å². The van der Waals surface area contributed by atoms with Crippen LogP contribution in [-0.4, -0.2) is 22.6 Å². The van der Waals surface area contributed by atoms with Crippen LogP contribution in [-0.2, 0) is 13.0 Å². The summed E-state index contributed by atoms with van der Waals surface area (Å²) in [7, 11) is 0. The zero-order valence-corrected chi connectivity index (χ0v) is 12.8. The van der Waals surface area contributed by atoms with E-state index >= 15 is 0 Å². The lowest BCUT2D eigenvalue weighted by molar-refractivity contribution is 0.158. The van der Waals surface area contributed by atoms with Gasteiger partial charge in [-0.1, -0.05) is 11.6 Å². The second-order valence-electron chi connectivity index (χ2n) is 6.40. The van der Waals surface area contributed by atoms with Crippen LogP contribution in [0.4, 0.5) is 0 Å². The van der Waals surface area contributed by atoms with Gasteiger partial charge >= 0.3 is 0 Å². The first-order chi connectivity index (χ1) is 10.7. The molecule has 2 aromatic rings. The smallest absolute Gasteiger partial charge is 0.192 e. The predicted molar refractivity (Wildman–Crippen MR) is 85.8 cm³/mol. The van der Waals surface area contributed by atoms with Gasteiger partial charge in [0.05, 0.1) is 24.2 Å². The van der Waals surface area contributed by atoms with Gasteiger partial charge in [0.15, 0.2) is 5.43 Å². The number of nitrogens with zero attached hydrogens (tertiary/aromatic N) is 3. The molecule has 0 N–H and O–H groups in total. The minimum atomic E-state index is 0.202. The summed E-state index contributed by atoms with van der Waals surface area (Å²) >= 11 is 0. The lowest BCUT2D eigenvalue weighted by Crippen LogP contribution is -2.43. The Balaban J connectivity index is 2.03. The molecule has 1 aromatic heterocycles. The molecule has 0 amide bonds. The summed E-state index contributed by atoms with van der Waals surface area (Å²) in [4.78, 5) is 15.2. The maximum atomic E-state index is 12.9. The third-order valence-corrected chi connectivity index (χ3v) is 5.11. The van der Waals surface area contributed by atoms with Crippen molar-refractivity contribution in [2.75, 3.05) is 13.1 Å². The van der Waals surface area contributed by atoms with Crippen molar-refractivity contribution in [1.29, 1.82) is 5.26 Å². The molecule has 0 saturated carbocycles. The topological polar surface area (TPSA) is 49.0 Å². The highest BCUT2D eigenvalue weighted by atomic mass is 16.1. The van der Waals surface area contributed by atoms with E-state index in [2.05, 4.69) is 27.7 Å². The molecule has 2 heterocycles. The molecule has 4 nitrogen and oxygen atoms in total. The normalized spacial score (nSPS) is 20.6. The Morgan fingerprint density at radius 3 is 3.05 bits per heavy atom. The number of fused-ring (bicyclic) bond motifs is 2. The van der Waals surface area contributed by atoms with Gasteiger partial charge < -0.3 is 4.57 Å². The number of aromatic nitrogens is 1. The monoisotopic (exact) mass is 293 g/mol. The number of rotatable bonds is 1. The van der Waals surface area contributed by atoms with Crippen LogP contribution in [0.1, 0.15) is 35.7 Å². The molecule has 2 aliphatic rings. The SMILES string of the molecule is Cc1ccc2c(c1)c(=O)c1c3n2CCN(CC#N)C3CCC1. The minimum Gasteiger partial charge on any atom is -0.341 e. The zero-order chi connectivity index (χ0) is 15.3. The molecule has 1 atom stereocenters. The Labute approximate surface area is 129 Å². The molecule has 1 aliphatic heterocycles. The van der Waals surface area contributed by atoms with E-state index in [1.807, 2.05) is 13.0 Å². The zero-order valence-electron chi connectivity index (χ0n) is 12.8. The van der Waals surface area contributed by atoms with Crippen LogP contribution in [0.25, 0.3) is 10.9 Å². The molecule has 4 heteroatoms. The summed E-state index contributed by atoms with van der Waals surface area (Å²) in [6.07, 6.45) is 2.95. The fourth-order valence-corrected chi connectivity index (χ4v) is 4.13. The van der Waals surface area contributed by atoms with E-state index in [1.54, 1.807) is 0 Å². The van der Waals surface area contributed by atoms with Gasteiger partial charge in [0.25, 0.3) is 0 Å². The Morgan fingerprint density at radius 2 is 2.23 bits per heavy atom. The van der Waals surface area contributed by atoms with Crippen molar-refractivity contribution in [1.82, 2.24) is 9.47 Å². The molecule has 0 fully saturated rings. The molecule has 1 aromatic carbocycles. The molecule has 0 bridgehead atoms. The van der Waals surface area contributed by atoms with Crippen molar-refractivity contribution in [3.63, 3.8) is 0 Å². The van der Waals surface area contributed by atoms with Crippen molar-refractivity contribution in [2.24, 2.45) is 0 Å². The highest BCUT2D eigenvalue weighted by Gasteiger charge is 2.34. The van der Waals surface area contributed by atoms with Crippen LogP contribution in [0, 0.1) is 18.3 Å². The van der Waals surface area contributed by atoms with Gasteiger partial charge in [-0.3, -0.25) is 9.69 Å². The lowest BCUT2D eigenvalue weighted by atomic mass is 9.87. The van der Waals surface area contributed by atoms with E-state index < -0.39 is 0 Å². The van der Waals surface area contributed by atoms with Gasteiger partial charge in [-0.2, -0.15) is 5.26 Å². The number of hydrogen-bond acceptors (Lipinski definition) is 3. The summed E-state index contributed by atoms with van der Waals surface area (Å²) in [6.45, 7) is 4.23. The number of hydrogen-bond donors (Lipinski definition) is 0. The quantitative estimate of drug-likeness (QED) is 0.759. The fraction of sp³-hybridized carbons (Fsp3) is 0.444. The third kappa shape index (κ3) is 1.82. The van der Waals surface area contributed by atoms with Gasteiger partial charge in [0, 0.05) is 29.7 Å². The highest BCUT2D eigenvalue weighted by molar-refractivity contribution is 5.81. The van der Waals surface area contributed by atoms with Crippen LogP contribution in [0.15, 0.2) is 23.0 Å². The molecule has 22 heavy (non-hydrogen) atoms. The van der Waals surface area contributed by atoms with E-state index in [9.17, 15) is 4.79 Å².